The van der Waals surface area contributed by atoms with Gasteiger partial charge in [-0.15, -0.1) is 10.2 Å². The van der Waals surface area contributed by atoms with Gasteiger partial charge in [-0.1, -0.05) is 43.8 Å². The minimum atomic E-state index is -0.0367. The van der Waals surface area contributed by atoms with Crippen molar-refractivity contribution in [3.05, 3.63) is 78.0 Å². The fourth-order valence-electron chi connectivity index (χ4n) is 4.57. The van der Waals surface area contributed by atoms with Gasteiger partial charge >= 0.3 is 0 Å². The van der Waals surface area contributed by atoms with Crippen LogP contribution in [-0.4, -0.2) is 36.1 Å². The maximum absolute atomic E-state index is 10.9. The molecule has 3 aromatic carbocycles. The molecule has 5 rings (SSSR count). The lowest BCUT2D eigenvalue weighted by molar-refractivity contribution is 0.444. The second-order valence-corrected chi connectivity index (χ2v) is 10.3. The Balaban J connectivity index is 1.63. The number of fused-ring (bicyclic) bond motifs is 1. The average Bonchev–Trinajstić information content (AvgIpc) is 3.46. The SMILES string of the molecule is CCNc1ccccc1CSc1nnc(-c2cc(C(C)C)c(O)cc2O)n1-c1ccc2c(ccn2C)c1. The van der Waals surface area contributed by atoms with Gasteiger partial charge in [0, 0.05) is 48.2 Å². The summed E-state index contributed by atoms with van der Waals surface area (Å²) in [5.41, 5.74) is 5.59. The third-order valence-electron chi connectivity index (χ3n) is 6.51. The van der Waals surface area contributed by atoms with Crippen molar-refractivity contribution in [2.75, 3.05) is 11.9 Å². The maximum atomic E-state index is 10.9. The quantitative estimate of drug-likeness (QED) is 0.201. The third kappa shape index (κ3) is 4.76. The summed E-state index contributed by atoms with van der Waals surface area (Å²) < 4.78 is 4.07. The van der Waals surface area contributed by atoms with Gasteiger partial charge in [0.2, 0.25) is 0 Å². The number of para-hydroxylation sites is 1. The van der Waals surface area contributed by atoms with Crippen molar-refractivity contribution in [2.24, 2.45) is 7.05 Å². The van der Waals surface area contributed by atoms with Crippen LogP contribution < -0.4 is 5.32 Å². The second kappa shape index (κ2) is 10.2. The fraction of sp³-hybridized carbons (Fsp3) is 0.241. The van der Waals surface area contributed by atoms with E-state index in [1.165, 1.54) is 11.6 Å². The van der Waals surface area contributed by atoms with E-state index in [2.05, 4.69) is 57.3 Å². The summed E-state index contributed by atoms with van der Waals surface area (Å²) in [6, 6.07) is 19.8. The first-order chi connectivity index (χ1) is 17.9. The van der Waals surface area contributed by atoms with E-state index in [9.17, 15) is 10.2 Å². The lowest BCUT2D eigenvalue weighted by Crippen LogP contribution is -2.02. The van der Waals surface area contributed by atoms with Crippen molar-refractivity contribution in [3.63, 3.8) is 0 Å². The largest absolute Gasteiger partial charge is 0.508 e. The highest BCUT2D eigenvalue weighted by Gasteiger charge is 2.22. The van der Waals surface area contributed by atoms with Gasteiger partial charge in [-0.05, 0) is 60.4 Å². The van der Waals surface area contributed by atoms with Gasteiger partial charge in [0.25, 0.3) is 0 Å². The Hall–Kier alpha value is -3.91. The zero-order valence-electron chi connectivity index (χ0n) is 21.4. The molecule has 0 atom stereocenters. The average molecular weight is 514 g/mol. The number of aryl methyl sites for hydroxylation is 1. The Morgan fingerprint density at radius 2 is 1.78 bits per heavy atom. The predicted octanol–water partition coefficient (Wildman–Crippen LogP) is 6.68. The first-order valence-corrected chi connectivity index (χ1v) is 13.4. The molecule has 0 radical (unpaired) electrons. The van der Waals surface area contributed by atoms with Gasteiger partial charge in [0.15, 0.2) is 11.0 Å². The normalized spacial score (nSPS) is 11.5. The van der Waals surface area contributed by atoms with Gasteiger partial charge in [-0.3, -0.25) is 4.57 Å². The smallest absolute Gasteiger partial charge is 0.196 e. The Morgan fingerprint density at radius 3 is 2.57 bits per heavy atom. The fourth-order valence-corrected chi connectivity index (χ4v) is 5.52. The molecule has 2 aromatic heterocycles. The summed E-state index contributed by atoms with van der Waals surface area (Å²) in [6.07, 6.45) is 2.04. The lowest BCUT2D eigenvalue weighted by atomic mass is 9.98. The number of rotatable bonds is 8. The third-order valence-corrected chi connectivity index (χ3v) is 7.49. The zero-order valence-corrected chi connectivity index (χ0v) is 22.3. The van der Waals surface area contributed by atoms with Crippen LogP contribution in [0.15, 0.2) is 72.0 Å². The predicted molar refractivity (Wildman–Crippen MR) is 151 cm³/mol. The number of hydrogen-bond acceptors (Lipinski definition) is 6. The minimum Gasteiger partial charge on any atom is -0.508 e. The van der Waals surface area contributed by atoms with Crippen LogP contribution in [0.4, 0.5) is 5.69 Å². The number of nitrogens with zero attached hydrogens (tertiary/aromatic N) is 4. The van der Waals surface area contributed by atoms with E-state index in [-0.39, 0.29) is 17.4 Å². The highest BCUT2D eigenvalue weighted by Crippen LogP contribution is 2.40. The number of phenolic OH excluding ortho intramolecular Hbond substituents is 2. The van der Waals surface area contributed by atoms with Gasteiger partial charge in [0.05, 0.1) is 11.3 Å². The molecule has 37 heavy (non-hydrogen) atoms. The highest BCUT2D eigenvalue weighted by atomic mass is 32.2. The number of benzene rings is 3. The van der Waals surface area contributed by atoms with Gasteiger partial charge in [0.1, 0.15) is 11.5 Å². The molecule has 3 N–H and O–H groups in total. The van der Waals surface area contributed by atoms with Crippen molar-refractivity contribution in [2.45, 2.75) is 37.6 Å². The van der Waals surface area contributed by atoms with Crippen LogP contribution in [0.5, 0.6) is 11.5 Å². The molecule has 2 heterocycles. The van der Waals surface area contributed by atoms with E-state index in [1.54, 1.807) is 11.8 Å². The Bertz CT molecular complexity index is 1570. The van der Waals surface area contributed by atoms with Crippen LogP contribution in [0.3, 0.4) is 0 Å². The minimum absolute atomic E-state index is 0.0367. The van der Waals surface area contributed by atoms with E-state index in [4.69, 9.17) is 0 Å². The molecule has 0 aliphatic rings. The topological polar surface area (TPSA) is 88.1 Å². The van der Waals surface area contributed by atoms with Crippen LogP contribution >= 0.6 is 11.8 Å². The summed E-state index contributed by atoms with van der Waals surface area (Å²) in [7, 11) is 2.02. The van der Waals surface area contributed by atoms with Gasteiger partial charge in [-0.2, -0.15) is 0 Å². The summed E-state index contributed by atoms with van der Waals surface area (Å²) >= 11 is 1.59. The molecule has 0 bridgehead atoms. The molecule has 190 valence electrons. The summed E-state index contributed by atoms with van der Waals surface area (Å²) in [4.78, 5) is 0. The van der Waals surface area contributed by atoms with Crippen molar-refractivity contribution in [1.29, 1.82) is 0 Å². The first-order valence-electron chi connectivity index (χ1n) is 12.4. The molecule has 0 aliphatic heterocycles. The summed E-state index contributed by atoms with van der Waals surface area (Å²) in [5, 5.41) is 35.6. The molecule has 8 heteroatoms. The molecule has 0 aliphatic carbocycles. The van der Waals surface area contributed by atoms with Gasteiger partial charge < -0.3 is 20.1 Å². The van der Waals surface area contributed by atoms with Crippen LogP contribution in [0.2, 0.25) is 0 Å². The van der Waals surface area contributed by atoms with E-state index in [0.29, 0.717) is 17.1 Å². The van der Waals surface area contributed by atoms with Crippen molar-refractivity contribution >= 4 is 28.4 Å². The van der Waals surface area contributed by atoms with Crippen LogP contribution in [-0.2, 0) is 12.8 Å². The zero-order chi connectivity index (χ0) is 26.1. The number of anilines is 1. The van der Waals surface area contributed by atoms with Crippen LogP contribution in [0.25, 0.3) is 28.0 Å². The molecule has 5 aromatic rings. The van der Waals surface area contributed by atoms with Gasteiger partial charge in [-0.25, -0.2) is 0 Å². The van der Waals surface area contributed by atoms with Crippen molar-refractivity contribution in [3.8, 4) is 28.6 Å². The molecule has 0 spiro atoms. The number of thioether (sulfide) groups is 1. The van der Waals surface area contributed by atoms with E-state index < -0.39 is 0 Å². The molecule has 0 fully saturated rings. The maximum Gasteiger partial charge on any atom is 0.196 e. The number of nitrogens with one attached hydrogen (secondary N) is 1. The molecular formula is C29H31N5O2S. The van der Waals surface area contributed by atoms with E-state index in [0.717, 1.165) is 39.5 Å². The monoisotopic (exact) mass is 513 g/mol. The highest BCUT2D eigenvalue weighted by molar-refractivity contribution is 7.98. The first kappa shape index (κ1) is 24.8. The Morgan fingerprint density at radius 1 is 0.973 bits per heavy atom. The van der Waals surface area contributed by atoms with E-state index >= 15 is 0 Å². The molecular weight excluding hydrogens is 482 g/mol. The summed E-state index contributed by atoms with van der Waals surface area (Å²) in [6.45, 7) is 6.94. The lowest BCUT2D eigenvalue weighted by Gasteiger charge is -2.15. The molecule has 0 saturated carbocycles. The molecule has 7 nitrogen and oxygen atoms in total. The molecule has 0 amide bonds. The second-order valence-electron chi connectivity index (χ2n) is 9.37. The molecule has 0 saturated heterocycles. The molecule has 0 unspecified atom stereocenters. The Kier molecular flexibility index (Phi) is 6.84. The van der Waals surface area contributed by atoms with Crippen molar-refractivity contribution < 1.29 is 10.2 Å². The number of phenols is 2. The number of aromatic nitrogens is 4. The van der Waals surface area contributed by atoms with E-state index in [1.807, 2.05) is 55.9 Å². The number of hydrogen-bond donors (Lipinski definition) is 3. The van der Waals surface area contributed by atoms with Crippen LogP contribution in [0, 0.1) is 0 Å². The summed E-state index contributed by atoms with van der Waals surface area (Å²) in [5.74, 6) is 1.34. The number of aromatic hydroxyl groups is 2. The van der Waals surface area contributed by atoms with Crippen LogP contribution in [0.1, 0.15) is 37.8 Å². The standard InChI is InChI=1S/C29H31N5O2S/c1-5-30-24-9-7-6-8-20(24)17-37-29-32-31-28(23-15-22(18(2)3)26(35)16-27(23)36)34(29)21-10-11-25-19(14-21)12-13-33(25)4/h6-16,18,30,35-36H,5,17H2,1-4H3. The van der Waals surface area contributed by atoms with Crippen molar-refractivity contribution in [1.82, 2.24) is 19.3 Å². The Labute approximate surface area is 220 Å².